The second kappa shape index (κ2) is 3.74. The van der Waals surface area contributed by atoms with E-state index in [1.54, 1.807) is 7.11 Å². The second-order valence-corrected chi connectivity index (χ2v) is 2.65. The van der Waals surface area contributed by atoms with Gasteiger partial charge >= 0.3 is 0 Å². The van der Waals surface area contributed by atoms with Crippen LogP contribution in [0.15, 0.2) is 12.7 Å². The van der Waals surface area contributed by atoms with Crippen molar-refractivity contribution in [3.05, 3.63) is 12.7 Å². The van der Waals surface area contributed by atoms with Crippen molar-refractivity contribution in [2.24, 2.45) is 0 Å². The fourth-order valence-electron chi connectivity index (χ4n) is 1.17. The highest BCUT2D eigenvalue weighted by atomic mass is 16.5. The predicted octanol–water partition coefficient (Wildman–Crippen LogP) is 0.893. The van der Waals surface area contributed by atoms with Crippen molar-refractivity contribution in [1.82, 2.24) is 4.90 Å². The number of rotatable bonds is 4. The topological polar surface area (TPSA) is 12.5 Å². The molecule has 1 rings (SSSR count). The Morgan fingerprint density at radius 3 is 2.70 bits per heavy atom. The third-order valence-corrected chi connectivity index (χ3v) is 1.97. The molecule has 0 bridgehead atoms. The van der Waals surface area contributed by atoms with Crippen LogP contribution < -0.4 is 0 Å². The summed E-state index contributed by atoms with van der Waals surface area (Å²) in [6.45, 7) is 6.96. The molecule has 0 N–H and O–H groups in total. The molecule has 0 aromatic rings. The molecule has 1 aliphatic heterocycles. The van der Waals surface area contributed by atoms with Crippen LogP contribution >= 0.6 is 0 Å². The van der Waals surface area contributed by atoms with Gasteiger partial charge < -0.3 is 4.74 Å². The average molecular weight is 141 g/mol. The van der Waals surface area contributed by atoms with Crippen LogP contribution in [0.3, 0.4) is 0 Å². The number of likely N-dealkylation sites (tertiary alicyclic amines) is 1. The van der Waals surface area contributed by atoms with Gasteiger partial charge in [-0.2, -0.15) is 0 Å². The maximum Gasteiger partial charge on any atom is 0.0653 e. The summed E-state index contributed by atoms with van der Waals surface area (Å²) in [5, 5.41) is 0. The van der Waals surface area contributed by atoms with E-state index in [2.05, 4.69) is 11.5 Å². The molecule has 1 heterocycles. The zero-order chi connectivity index (χ0) is 7.40. The predicted molar refractivity (Wildman–Crippen MR) is 42.1 cm³/mol. The minimum atomic E-state index is 0.443. The molecular formula is C8H15NO. The van der Waals surface area contributed by atoms with Crippen molar-refractivity contribution >= 4 is 0 Å². The first-order chi connectivity index (χ1) is 4.88. The minimum Gasteiger partial charge on any atom is -0.383 e. The van der Waals surface area contributed by atoms with Gasteiger partial charge in [0, 0.05) is 20.2 Å². The first-order valence-corrected chi connectivity index (χ1v) is 3.74. The quantitative estimate of drug-likeness (QED) is 0.539. The molecule has 58 valence electrons. The third kappa shape index (κ3) is 1.58. The molecule has 2 nitrogen and oxygen atoms in total. The molecule has 1 fully saturated rings. The molecule has 10 heavy (non-hydrogen) atoms. The average Bonchev–Trinajstić information content (AvgIpc) is 1.83. The largest absolute Gasteiger partial charge is 0.383 e. The highest BCUT2D eigenvalue weighted by molar-refractivity contribution is 4.90. The summed E-state index contributed by atoms with van der Waals surface area (Å²) in [6, 6.07) is 0.443. The Labute approximate surface area is 62.5 Å². The van der Waals surface area contributed by atoms with E-state index in [4.69, 9.17) is 4.74 Å². The zero-order valence-corrected chi connectivity index (χ0v) is 6.55. The van der Waals surface area contributed by atoms with Crippen molar-refractivity contribution in [2.45, 2.75) is 12.5 Å². The molecule has 0 aliphatic carbocycles. The SMILES string of the molecule is C=CC(COC)N1CCC1. The third-order valence-electron chi connectivity index (χ3n) is 1.97. The molecule has 2 heteroatoms. The van der Waals surface area contributed by atoms with E-state index in [1.165, 1.54) is 19.5 Å². The lowest BCUT2D eigenvalue weighted by Gasteiger charge is -2.36. The van der Waals surface area contributed by atoms with Crippen LogP contribution in [0.2, 0.25) is 0 Å². The Bertz CT molecular complexity index is 110. The standard InChI is InChI=1S/C8H15NO/c1-3-8(7-10-2)9-5-4-6-9/h3,8H,1,4-7H2,2H3. The van der Waals surface area contributed by atoms with Gasteiger partial charge in [0.25, 0.3) is 0 Å². The maximum absolute atomic E-state index is 5.04. The van der Waals surface area contributed by atoms with Crippen LogP contribution in [0.1, 0.15) is 6.42 Å². The highest BCUT2D eigenvalue weighted by Crippen LogP contribution is 2.11. The molecule has 1 aliphatic rings. The Morgan fingerprint density at radius 2 is 2.40 bits per heavy atom. The summed E-state index contributed by atoms with van der Waals surface area (Å²) in [5.74, 6) is 0. The van der Waals surface area contributed by atoms with Crippen LogP contribution in [0.4, 0.5) is 0 Å². The lowest BCUT2D eigenvalue weighted by molar-refractivity contribution is 0.0748. The van der Waals surface area contributed by atoms with Crippen LogP contribution in [-0.2, 0) is 4.74 Å². The Balaban J connectivity index is 2.24. The Hall–Kier alpha value is -0.340. The zero-order valence-electron chi connectivity index (χ0n) is 6.55. The fraction of sp³-hybridized carbons (Fsp3) is 0.750. The fourth-order valence-corrected chi connectivity index (χ4v) is 1.17. The van der Waals surface area contributed by atoms with Crippen molar-refractivity contribution in [2.75, 3.05) is 26.8 Å². The van der Waals surface area contributed by atoms with Crippen LogP contribution in [0.25, 0.3) is 0 Å². The van der Waals surface area contributed by atoms with Crippen molar-refractivity contribution in [3.8, 4) is 0 Å². The van der Waals surface area contributed by atoms with E-state index in [0.29, 0.717) is 6.04 Å². The van der Waals surface area contributed by atoms with E-state index >= 15 is 0 Å². The van der Waals surface area contributed by atoms with E-state index in [0.717, 1.165) is 6.61 Å². The maximum atomic E-state index is 5.04. The lowest BCUT2D eigenvalue weighted by atomic mass is 10.1. The molecule has 0 aromatic carbocycles. The minimum absolute atomic E-state index is 0.443. The number of methoxy groups -OCH3 is 1. The Kier molecular flexibility index (Phi) is 2.90. The summed E-state index contributed by atoms with van der Waals surface area (Å²) < 4.78 is 5.04. The lowest BCUT2D eigenvalue weighted by Crippen LogP contribution is -2.46. The molecule has 0 saturated carbocycles. The molecule has 0 spiro atoms. The van der Waals surface area contributed by atoms with Crippen LogP contribution in [0, 0.1) is 0 Å². The van der Waals surface area contributed by atoms with Gasteiger partial charge in [-0.15, -0.1) is 6.58 Å². The summed E-state index contributed by atoms with van der Waals surface area (Å²) >= 11 is 0. The van der Waals surface area contributed by atoms with Gasteiger partial charge in [-0.05, 0) is 6.42 Å². The van der Waals surface area contributed by atoms with Gasteiger partial charge in [-0.1, -0.05) is 6.08 Å². The van der Waals surface area contributed by atoms with Gasteiger partial charge in [0.15, 0.2) is 0 Å². The molecule has 1 atom stereocenters. The van der Waals surface area contributed by atoms with Gasteiger partial charge in [0.2, 0.25) is 0 Å². The normalized spacial score (nSPS) is 21.7. The van der Waals surface area contributed by atoms with Crippen molar-refractivity contribution in [3.63, 3.8) is 0 Å². The summed E-state index contributed by atoms with van der Waals surface area (Å²) in [7, 11) is 1.73. The number of nitrogens with zero attached hydrogens (tertiary/aromatic N) is 1. The van der Waals surface area contributed by atoms with Gasteiger partial charge in [-0.25, -0.2) is 0 Å². The summed E-state index contributed by atoms with van der Waals surface area (Å²) in [5.41, 5.74) is 0. The molecule has 1 saturated heterocycles. The highest BCUT2D eigenvalue weighted by Gasteiger charge is 2.20. The monoisotopic (exact) mass is 141 g/mol. The molecule has 0 amide bonds. The van der Waals surface area contributed by atoms with Crippen LogP contribution in [0.5, 0.6) is 0 Å². The van der Waals surface area contributed by atoms with Crippen molar-refractivity contribution in [1.29, 1.82) is 0 Å². The Morgan fingerprint density at radius 1 is 1.70 bits per heavy atom. The molecule has 0 radical (unpaired) electrons. The van der Waals surface area contributed by atoms with Crippen LogP contribution in [-0.4, -0.2) is 37.7 Å². The number of hydrogen-bond acceptors (Lipinski definition) is 2. The number of ether oxygens (including phenoxy) is 1. The molecular weight excluding hydrogens is 126 g/mol. The smallest absolute Gasteiger partial charge is 0.0653 e. The molecule has 1 unspecified atom stereocenters. The van der Waals surface area contributed by atoms with E-state index in [9.17, 15) is 0 Å². The molecule has 0 aromatic heterocycles. The number of hydrogen-bond donors (Lipinski definition) is 0. The van der Waals surface area contributed by atoms with Gasteiger partial charge in [0.05, 0.1) is 12.6 Å². The van der Waals surface area contributed by atoms with Crippen molar-refractivity contribution < 1.29 is 4.74 Å². The van der Waals surface area contributed by atoms with E-state index in [1.807, 2.05) is 6.08 Å². The summed E-state index contributed by atoms with van der Waals surface area (Å²) in [6.07, 6.45) is 3.29. The first kappa shape index (κ1) is 7.76. The first-order valence-electron chi connectivity index (χ1n) is 3.74. The van der Waals surface area contributed by atoms with E-state index < -0.39 is 0 Å². The van der Waals surface area contributed by atoms with Gasteiger partial charge in [0.1, 0.15) is 0 Å². The van der Waals surface area contributed by atoms with E-state index in [-0.39, 0.29) is 0 Å². The summed E-state index contributed by atoms with van der Waals surface area (Å²) in [4.78, 5) is 2.37. The van der Waals surface area contributed by atoms with Gasteiger partial charge in [-0.3, -0.25) is 4.90 Å². The second-order valence-electron chi connectivity index (χ2n) is 2.65.